The maximum Gasteiger partial charge on any atom is 0.153 e. The highest BCUT2D eigenvalue weighted by molar-refractivity contribution is 6.32. The van der Waals surface area contributed by atoms with Crippen molar-refractivity contribution in [2.24, 2.45) is 0 Å². The third kappa shape index (κ3) is 6.29. The normalized spacial score (nSPS) is 19.6. The first-order valence-electron chi connectivity index (χ1n) is 14.2. The van der Waals surface area contributed by atoms with Gasteiger partial charge in [-0.2, -0.15) is 0 Å². The van der Waals surface area contributed by atoms with E-state index < -0.39 is 5.82 Å². The van der Waals surface area contributed by atoms with E-state index in [-0.39, 0.29) is 17.8 Å². The first kappa shape index (κ1) is 28.4. The Labute approximate surface area is 240 Å². The van der Waals surface area contributed by atoms with Crippen LogP contribution in [0.5, 0.6) is 5.75 Å². The van der Waals surface area contributed by atoms with Crippen LogP contribution in [0, 0.1) is 5.82 Å². The van der Waals surface area contributed by atoms with Crippen molar-refractivity contribution in [1.82, 2.24) is 4.90 Å². The second-order valence-corrected chi connectivity index (χ2v) is 10.9. The monoisotopic (exact) mass is 566 g/mol. The highest BCUT2D eigenvalue weighted by Gasteiger charge is 2.26. The van der Waals surface area contributed by atoms with Gasteiger partial charge >= 0.3 is 0 Å². The van der Waals surface area contributed by atoms with Crippen LogP contribution in [0.25, 0.3) is 11.1 Å². The number of hydrogen-bond donors (Lipinski definition) is 1. The minimum Gasteiger partial charge on any atom is -0.493 e. The van der Waals surface area contributed by atoms with Gasteiger partial charge in [-0.1, -0.05) is 35.9 Å². The molecule has 40 heavy (non-hydrogen) atoms. The fraction of sp³-hybridized carbons (Fsp3) is 0.394. The Kier molecular flexibility index (Phi) is 9.28. The third-order valence-electron chi connectivity index (χ3n) is 7.75. The van der Waals surface area contributed by atoms with Gasteiger partial charge in [0.25, 0.3) is 0 Å². The maximum absolute atomic E-state index is 15.8. The summed E-state index contributed by atoms with van der Waals surface area (Å²) < 4.78 is 40.3. The Hall–Kier alpha value is -3.09. The van der Waals surface area contributed by atoms with Crippen LogP contribution in [0.1, 0.15) is 55.7 Å². The van der Waals surface area contributed by atoms with Crippen LogP contribution < -0.4 is 10.5 Å². The number of alkyl halides is 1. The summed E-state index contributed by atoms with van der Waals surface area (Å²) in [7, 11) is 0. The molecule has 1 heterocycles. The maximum atomic E-state index is 15.8. The fourth-order valence-corrected chi connectivity index (χ4v) is 6.11. The van der Waals surface area contributed by atoms with E-state index >= 15 is 4.39 Å². The number of aryl methyl sites for hydroxylation is 1. The Morgan fingerprint density at radius 2 is 1.98 bits per heavy atom. The number of nitrogens with zero attached hydrogens (tertiary/aromatic N) is 1. The predicted octanol–water partition coefficient (Wildman–Crippen LogP) is 7.93. The molecule has 5 rings (SSSR count). The number of allylic oxidation sites excluding steroid dienone is 7. The standard InChI is InChI=1S/C33H37ClF2N2O2/c1-2-39-30-15-14-29(33(36)32(30)34)28-9-4-7-23-20-24(37)11-13-27(23)31(28)22-6-3-8-25(12-10-22)40-26-16-19-38(21-26)18-5-17-35/h3,6,10-15,20,26H,2,4-5,7-9,16-19,21,37H2,1H3/t26-/m0/s1. The van der Waals surface area contributed by atoms with Gasteiger partial charge in [-0.3, -0.25) is 9.29 Å². The third-order valence-corrected chi connectivity index (χ3v) is 8.11. The smallest absolute Gasteiger partial charge is 0.153 e. The molecule has 2 aliphatic carbocycles. The van der Waals surface area contributed by atoms with Crippen molar-refractivity contribution in [2.75, 3.05) is 38.6 Å². The number of hydrogen-bond acceptors (Lipinski definition) is 4. The summed E-state index contributed by atoms with van der Waals surface area (Å²) >= 11 is 6.44. The number of nitrogens with two attached hydrogens (primary N) is 1. The van der Waals surface area contributed by atoms with E-state index in [1.807, 2.05) is 31.2 Å². The topological polar surface area (TPSA) is 47.7 Å². The molecule has 0 unspecified atom stereocenters. The zero-order chi connectivity index (χ0) is 28.1. The molecule has 1 fully saturated rings. The number of ether oxygens (including phenoxy) is 2. The molecular formula is C33H37ClF2N2O2. The Morgan fingerprint density at radius 1 is 1.12 bits per heavy atom. The van der Waals surface area contributed by atoms with Gasteiger partial charge in [0.05, 0.1) is 13.3 Å². The van der Waals surface area contributed by atoms with Crippen molar-refractivity contribution < 1.29 is 18.3 Å². The molecule has 7 heteroatoms. The van der Waals surface area contributed by atoms with Gasteiger partial charge in [0.1, 0.15) is 22.6 Å². The van der Waals surface area contributed by atoms with E-state index in [0.29, 0.717) is 37.2 Å². The van der Waals surface area contributed by atoms with E-state index in [0.717, 1.165) is 78.2 Å². The average molecular weight is 567 g/mol. The van der Waals surface area contributed by atoms with E-state index in [9.17, 15) is 4.39 Å². The lowest BCUT2D eigenvalue weighted by Crippen LogP contribution is -2.24. The summed E-state index contributed by atoms with van der Waals surface area (Å²) in [5.41, 5.74) is 12.5. The number of anilines is 1. The molecule has 0 radical (unpaired) electrons. The Morgan fingerprint density at radius 3 is 2.80 bits per heavy atom. The lowest BCUT2D eigenvalue weighted by Gasteiger charge is -2.19. The molecule has 4 nitrogen and oxygen atoms in total. The SMILES string of the molecule is CCOc1ccc(C2=C(C3=CC=C(O[C@H]4CCN(CCCF)C4)CC=C3)c3ccc(N)cc3CCC2)c(F)c1Cl. The second-order valence-electron chi connectivity index (χ2n) is 10.5. The van der Waals surface area contributed by atoms with Crippen LogP contribution in [0.3, 0.4) is 0 Å². The molecular weight excluding hydrogens is 530 g/mol. The van der Waals surface area contributed by atoms with E-state index in [1.165, 1.54) is 0 Å². The summed E-state index contributed by atoms with van der Waals surface area (Å²) in [6.07, 6.45) is 13.0. The van der Waals surface area contributed by atoms with E-state index in [2.05, 4.69) is 23.1 Å². The number of fused-ring (bicyclic) bond motifs is 1. The largest absolute Gasteiger partial charge is 0.493 e. The van der Waals surface area contributed by atoms with Crippen molar-refractivity contribution in [3.8, 4) is 5.75 Å². The molecule has 0 spiro atoms. The molecule has 1 aliphatic heterocycles. The molecule has 2 aromatic carbocycles. The van der Waals surface area contributed by atoms with Gasteiger partial charge in [0, 0.05) is 37.3 Å². The molecule has 2 N–H and O–H groups in total. The average Bonchev–Trinajstić information content (AvgIpc) is 3.15. The molecule has 2 aromatic rings. The number of nitrogen functional groups attached to an aromatic ring is 1. The van der Waals surface area contributed by atoms with Crippen molar-refractivity contribution in [3.63, 3.8) is 0 Å². The van der Waals surface area contributed by atoms with Gasteiger partial charge in [-0.15, -0.1) is 0 Å². The minimum atomic E-state index is -0.463. The highest BCUT2D eigenvalue weighted by Crippen LogP contribution is 2.44. The van der Waals surface area contributed by atoms with Crippen LogP contribution in [-0.2, 0) is 11.2 Å². The number of halogens is 3. The van der Waals surface area contributed by atoms with Crippen LogP contribution >= 0.6 is 11.6 Å². The molecule has 0 saturated carbocycles. The Bertz CT molecular complexity index is 1360. The summed E-state index contributed by atoms with van der Waals surface area (Å²) in [5.74, 6) is 0.783. The summed E-state index contributed by atoms with van der Waals surface area (Å²) in [5, 5.41) is 0.00562. The van der Waals surface area contributed by atoms with Gasteiger partial charge in [-0.05, 0) is 97.2 Å². The zero-order valence-electron chi connectivity index (χ0n) is 23.0. The van der Waals surface area contributed by atoms with Crippen LogP contribution in [0.2, 0.25) is 5.02 Å². The molecule has 3 aliphatic rings. The van der Waals surface area contributed by atoms with Crippen molar-refractivity contribution >= 4 is 28.4 Å². The Balaban J connectivity index is 1.53. The molecule has 0 bridgehead atoms. The fourth-order valence-electron chi connectivity index (χ4n) is 5.89. The summed E-state index contributed by atoms with van der Waals surface area (Å²) in [6, 6.07) is 9.52. The lowest BCUT2D eigenvalue weighted by molar-refractivity contribution is 0.117. The van der Waals surface area contributed by atoms with Crippen molar-refractivity contribution in [3.05, 3.63) is 93.5 Å². The molecule has 1 atom stereocenters. The quantitative estimate of drug-likeness (QED) is 0.313. The van der Waals surface area contributed by atoms with Gasteiger partial charge in [0.2, 0.25) is 0 Å². The van der Waals surface area contributed by atoms with Crippen LogP contribution in [-0.4, -0.2) is 43.9 Å². The number of benzene rings is 2. The number of likely N-dealkylation sites (tertiary alicyclic amines) is 1. The van der Waals surface area contributed by atoms with E-state index in [4.69, 9.17) is 26.8 Å². The predicted molar refractivity (Wildman–Crippen MR) is 160 cm³/mol. The molecule has 1 saturated heterocycles. The second kappa shape index (κ2) is 13.0. The summed E-state index contributed by atoms with van der Waals surface area (Å²) in [6.45, 7) is 4.49. The van der Waals surface area contributed by atoms with Gasteiger partial charge in [0.15, 0.2) is 5.82 Å². The van der Waals surface area contributed by atoms with E-state index in [1.54, 1.807) is 12.1 Å². The number of rotatable bonds is 9. The molecule has 212 valence electrons. The first-order valence-corrected chi connectivity index (χ1v) is 14.6. The van der Waals surface area contributed by atoms with Gasteiger partial charge in [-0.25, -0.2) is 4.39 Å². The van der Waals surface area contributed by atoms with Gasteiger partial charge < -0.3 is 15.2 Å². The van der Waals surface area contributed by atoms with Crippen LogP contribution in [0.15, 0.2) is 66.0 Å². The molecule has 0 aromatic heterocycles. The van der Waals surface area contributed by atoms with Crippen LogP contribution in [0.4, 0.5) is 14.5 Å². The van der Waals surface area contributed by atoms with Crippen molar-refractivity contribution in [2.45, 2.75) is 51.6 Å². The highest BCUT2D eigenvalue weighted by atomic mass is 35.5. The minimum absolute atomic E-state index is 0.00562. The molecule has 0 amide bonds. The lowest BCUT2D eigenvalue weighted by atomic mass is 9.87. The van der Waals surface area contributed by atoms with Crippen molar-refractivity contribution in [1.29, 1.82) is 0 Å². The zero-order valence-corrected chi connectivity index (χ0v) is 23.8. The summed E-state index contributed by atoms with van der Waals surface area (Å²) in [4.78, 5) is 2.26. The first-order chi connectivity index (χ1) is 19.5.